The van der Waals surface area contributed by atoms with Gasteiger partial charge in [0.1, 0.15) is 17.2 Å². The van der Waals surface area contributed by atoms with Crippen molar-refractivity contribution in [3.05, 3.63) is 52.9 Å². The van der Waals surface area contributed by atoms with E-state index in [0.717, 1.165) is 0 Å². The van der Waals surface area contributed by atoms with Gasteiger partial charge in [-0.05, 0) is 18.2 Å². The summed E-state index contributed by atoms with van der Waals surface area (Å²) in [6.45, 7) is 0. The van der Waals surface area contributed by atoms with Gasteiger partial charge < -0.3 is 9.29 Å². The van der Waals surface area contributed by atoms with Crippen LogP contribution in [0.2, 0.25) is 10.3 Å². The Kier molecular flexibility index (Phi) is 5.33. The second-order valence-corrected chi connectivity index (χ2v) is 6.55. The average molecular weight is 399 g/mol. The van der Waals surface area contributed by atoms with E-state index in [1.54, 1.807) is 29.0 Å². The minimum Gasteiger partial charge on any atom is -0.496 e. The molecule has 0 aromatic carbocycles. The van der Waals surface area contributed by atoms with Gasteiger partial charge in [-0.25, -0.2) is 14.2 Å². The molecule has 0 bridgehead atoms. The van der Waals surface area contributed by atoms with Crippen LogP contribution in [0.4, 0.5) is 0 Å². The van der Waals surface area contributed by atoms with E-state index in [2.05, 4.69) is 15.0 Å². The van der Waals surface area contributed by atoms with Gasteiger partial charge in [0.15, 0.2) is 16.2 Å². The minimum atomic E-state index is -1.95. The lowest BCUT2D eigenvalue weighted by Gasteiger charge is -2.13. The van der Waals surface area contributed by atoms with Gasteiger partial charge in [-0.15, -0.1) is 0 Å². The molecule has 1 atom stereocenters. The molecule has 3 aromatic heterocycles. The molecule has 0 aliphatic heterocycles. The van der Waals surface area contributed by atoms with Crippen LogP contribution in [0, 0.1) is 0 Å². The van der Waals surface area contributed by atoms with Crippen molar-refractivity contribution in [1.82, 2.24) is 19.5 Å². The first kappa shape index (κ1) is 17.8. The fourth-order valence-electron chi connectivity index (χ4n) is 2.32. The molecule has 0 aliphatic carbocycles. The summed E-state index contributed by atoms with van der Waals surface area (Å²) >= 11 is 10.6. The molecule has 10 heteroatoms. The van der Waals surface area contributed by atoms with Crippen molar-refractivity contribution in [3.8, 4) is 22.7 Å². The number of ether oxygens (including phenoxy) is 1. The molecule has 130 valence electrons. The van der Waals surface area contributed by atoms with Crippen LogP contribution in [0.1, 0.15) is 5.69 Å². The van der Waals surface area contributed by atoms with Crippen LogP contribution in [0.3, 0.4) is 0 Å². The number of nitrogens with zero attached hydrogens (tertiary/aromatic N) is 4. The Balaban J connectivity index is 2.11. The Morgan fingerprint density at radius 1 is 1.20 bits per heavy atom. The van der Waals surface area contributed by atoms with Gasteiger partial charge in [-0.3, -0.25) is 9.55 Å². The summed E-state index contributed by atoms with van der Waals surface area (Å²) < 4.78 is 26.9. The molecule has 0 amide bonds. The molecule has 1 unspecified atom stereocenters. The lowest BCUT2D eigenvalue weighted by atomic mass is 10.2. The summed E-state index contributed by atoms with van der Waals surface area (Å²) in [4.78, 5) is 12.4. The third kappa shape index (κ3) is 3.67. The number of hydrogen-bond donors (Lipinski definition) is 1. The molecule has 0 aliphatic rings. The second kappa shape index (κ2) is 7.49. The van der Waals surface area contributed by atoms with Gasteiger partial charge >= 0.3 is 0 Å². The summed E-state index contributed by atoms with van der Waals surface area (Å²) in [6.07, 6.45) is 4.62. The number of aromatic nitrogens is 4. The van der Waals surface area contributed by atoms with E-state index in [-0.39, 0.29) is 16.1 Å². The maximum Gasteiger partial charge on any atom is 0.158 e. The van der Waals surface area contributed by atoms with Crippen LogP contribution >= 0.6 is 23.2 Å². The maximum atomic E-state index is 10.9. The number of halogens is 2. The van der Waals surface area contributed by atoms with Crippen LogP contribution in [-0.4, -0.2) is 35.4 Å². The lowest BCUT2D eigenvalue weighted by molar-refractivity contribution is 0.415. The summed E-state index contributed by atoms with van der Waals surface area (Å²) in [5.74, 6) is 0.462. The van der Waals surface area contributed by atoms with Crippen molar-refractivity contribution in [2.24, 2.45) is 0 Å². The third-order valence-corrected chi connectivity index (χ3v) is 4.51. The molecule has 0 spiro atoms. The van der Waals surface area contributed by atoms with Crippen molar-refractivity contribution in [2.45, 2.75) is 5.75 Å². The molecule has 7 nitrogen and oxygen atoms in total. The molecule has 3 rings (SSSR count). The van der Waals surface area contributed by atoms with Crippen LogP contribution in [0.15, 0.2) is 36.9 Å². The summed E-state index contributed by atoms with van der Waals surface area (Å²) in [5, 5.41) is 0.456. The monoisotopic (exact) mass is 398 g/mol. The van der Waals surface area contributed by atoms with E-state index in [4.69, 9.17) is 32.5 Å². The summed E-state index contributed by atoms with van der Waals surface area (Å²) in [7, 11) is 1.52. The van der Waals surface area contributed by atoms with Gasteiger partial charge in [0.05, 0.1) is 41.7 Å². The third-order valence-electron chi connectivity index (χ3n) is 3.40. The first-order valence-corrected chi connectivity index (χ1v) is 8.99. The zero-order valence-electron chi connectivity index (χ0n) is 12.9. The standard InChI is InChI=1S/C15H12Cl2N4O3S/c1-24-11-4-5-18-14(16)12(11)13-15(17)20-8-21(13)10-3-2-9(19-6-10)7-25(22)23/h2-6,8H,7H2,1H3,(H,22,23). The van der Waals surface area contributed by atoms with Gasteiger partial charge in [-0.1, -0.05) is 23.2 Å². The Bertz CT molecular complexity index is 931. The number of pyridine rings is 2. The van der Waals surface area contributed by atoms with E-state index in [1.165, 1.54) is 19.6 Å². The Labute approximate surface area is 155 Å². The van der Waals surface area contributed by atoms with Crippen LogP contribution in [0.25, 0.3) is 16.9 Å². The van der Waals surface area contributed by atoms with E-state index in [9.17, 15) is 4.21 Å². The normalized spacial score (nSPS) is 12.2. The molecule has 25 heavy (non-hydrogen) atoms. The van der Waals surface area contributed by atoms with Crippen molar-refractivity contribution in [1.29, 1.82) is 0 Å². The van der Waals surface area contributed by atoms with Crippen molar-refractivity contribution < 1.29 is 13.5 Å². The fourth-order valence-corrected chi connectivity index (χ4v) is 3.21. The zero-order chi connectivity index (χ0) is 18.0. The highest BCUT2D eigenvalue weighted by molar-refractivity contribution is 7.78. The smallest absolute Gasteiger partial charge is 0.158 e. The minimum absolute atomic E-state index is 0.0416. The van der Waals surface area contributed by atoms with Gasteiger partial charge in [0.25, 0.3) is 0 Å². The zero-order valence-corrected chi connectivity index (χ0v) is 15.2. The van der Waals surface area contributed by atoms with Crippen molar-refractivity contribution in [2.75, 3.05) is 7.11 Å². The number of imidazole rings is 1. The van der Waals surface area contributed by atoms with Crippen LogP contribution < -0.4 is 4.74 Å². The molecular formula is C15H12Cl2N4O3S. The predicted molar refractivity (Wildman–Crippen MR) is 95.6 cm³/mol. The van der Waals surface area contributed by atoms with Gasteiger partial charge in [0, 0.05) is 6.20 Å². The SMILES string of the molecule is COc1ccnc(Cl)c1-c1c(Cl)ncn1-c1ccc(CS(=O)O)nc1. The molecule has 1 N–H and O–H groups in total. The summed E-state index contributed by atoms with van der Waals surface area (Å²) in [5.41, 5.74) is 2.17. The van der Waals surface area contributed by atoms with Crippen molar-refractivity contribution >= 4 is 34.3 Å². The topological polar surface area (TPSA) is 90.1 Å². The highest BCUT2D eigenvalue weighted by Gasteiger charge is 2.21. The van der Waals surface area contributed by atoms with Gasteiger partial charge in [-0.2, -0.15) is 0 Å². The highest BCUT2D eigenvalue weighted by atomic mass is 35.5. The van der Waals surface area contributed by atoms with E-state index in [0.29, 0.717) is 28.4 Å². The largest absolute Gasteiger partial charge is 0.496 e. The first-order chi connectivity index (χ1) is 12.0. The Morgan fingerprint density at radius 3 is 2.64 bits per heavy atom. The number of rotatable bonds is 5. The molecular weight excluding hydrogens is 387 g/mol. The summed E-state index contributed by atoms with van der Waals surface area (Å²) in [6, 6.07) is 5.07. The molecule has 0 radical (unpaired) electrons. The molecule has 0 saturated heterocycles. The average Bonchev–Trinajstić information content (AvgIpc) is 2.96. The van der Waals surface area contributed by atoms with Gasteiger partial charge in [0.2, 0.25) is 0 Å². The Hall–Kier alpha value is -2.00. The molecule has 0 fully saturated rings. The number of hydrogen-bond acceptors (Lipinski definition) is 5. The Morgan fingerprint density at radius 2 is 2.00 bits per heavy atom. The molecule has 3 aromatic rings. The number of methoxy groups -OCH3 is 1. The van der Waals surface area contributed by atoms with Crippen LogP contribution in [0.5, 0.6) is 5.75 Å². The molecule has 0 saturated carbocycles. The van der Waals surface area contributed by atoms with Crippen LogP contribution in [-0.2, 0) is 16.8 Å². The lowest BCUT2D eigenvalue weighted by Crippen LogP contribution is -2.01. The second-order valence-electron chi connectivity index (χ2n) is 4.91. The first-order valence-electron chi connectivity index (χ1n) is 6.95. The maximum absolute atomic E-state index is 10.9. The van der Waals surface area contributed by atoms with E-state index in [1.807, 2.05) is 0 Å². The van der Waals surface area contributed by atoms with E-state index < -0.39 is 11.1 Å². The fraction of sp³-hybridized carbons (Fsp3) is 0.133. The highest BCUT2D eigenvalue weighted by Crippen LogP contribution is 2.39. The predicted octanol–water partition coefficient (Wildman–Crippen LogP) is 3.37. The quantitative estimate of drug-likeness (QED) is 0.523. The molecule has 3 heterocycles. The van der Waals surface area contributed by atoms with E-state index >= 15 is 0 Å². The van der Waals surface area contributed by atoms with Crippen molar-refractivity contribution in [3.63, 3.8) is 0 Å².